The predicted molar refractivity (Wildman–Crippen MR) is 77.4 cm³/mol. The fourth-order valence-corrected chi connectivity index (χ4v) is 3.37. The highest BCUT2D eigenvalue weighted by molar-refractivity contribution is 7.89. The maximum atomic E-state index is 12.2. The smallest absolute Gasteiger partial charge is 0.244 e. The number of sulfonamides is 1. The van der Waals surface area contributed by atoms with Crippen molar-refractivity contribution in [1.29, 1.82) is 0 Å². The summed E-state index contributed by atoms with van der Waals surface area (Å²) in [7, 11) is -2.16. The fourth-order valence-electron chi connectivity index (χ4n) is 1.72. The summed E-state index contributed by atoms with van der Waals surface area (Å²) < 4.78 is 32.2. The van der Waals surface area contributed by atoms with Crippen LogP contribution in [0.5, 0.6) is 5.75 Å². The van der Waals surface area contributed by atoms with Gasteiger partial charge in [-0.15, -0.1) is 0 Å². The predicted octanol–water partition coefficient (Wildman–Crippen LogP) is 2.98. The molecule has 0 unspecified atom stereocenters. The van der Waals surface area contributed by atoms with Gasteiger partial charge in [0.2, 0.25) is 10.0 Å². The molecular weight excluding hydrogens is 286 g/mol. The first-order valence-electron chi connectivity index (χ1n) is 6.11. The minimum atomic E-state index is -3.60. The van der Waals surface area contributed by atoms with Gasteiger partial charge in [-0.3, -0.25) is 0 Å². The summed E-state index contributed by atoms with van der Waals surface area (Å²) in [4.78, 5) is 0.0868. The van der Waals surface area contributed by atoms with Crippen LogP contribution in [0.2, 0.25) is 5.02 Å². The molecule has 0 aromatic heterocycles. The molecule has 0 aliphatic carbocycles. The van der Waals surface area contributed by atoms with E-state index in [4.69, 9.17) is 16.3 Å². The first-order valence-corrected chi connectivity index (χ1v) is 7.98. The Bertz CT molecular complexity index is 541. The van der Waals surface area contributed by atoms with Gasteiger partial charge in [-0.1, -0.05) is 25.4 Å². The summed E-state index contributed by atoms with van der Waals surface area (Å²) in [5.74, 6) is 0.770. The number of halogens is 1. The van der Waals surface area contributed by atoms with Gasteiger partial charge in [-0.25, -0.2) is 13.1 Å². The van der Waals surface area contributed by atoms with Crippen molar-refractivity contribution in [3.8, 4) is 5.75 Å². The average Bonchev–Trinajstić information content (AvgIpc) is 2.27. The van der Waals surface area contributed by atoms with Gasteiger partial charge in [0.25, 0.3) is 0 Å². The van der Waals surface area contributed by atoms with E-state index in [9.17, 15) is 8.42 Å². The van der Waals surface area contributed by atoms with Gasteiger partial charge in [0.05, 0.1) is 7.11 Å². The molecule has 1 rings (SSSR count). The van der Waals surface area contributed by atoms with E-state index >= 15 is 0 Å². The number of methoxy groups -OCH3 is 1. The molecule has 0 spiro atoms. The molecule has 4 nitrogen and oxygen atoms in total. The lowest BCUT2D eigenvalue weighted by molar-refractivity contribution is 0.399. The largest absolute Gasteiger partial charge is 0.495 e. The van der Waals surface area contributed by atoms with E-state index in [0.717, 1.165) is 6.42 Å². The second-order valence-corrected chi connectivity index (χ2v) is 7.01. The van der Waals surface area contributed by atoms with Crippen LogP contribution in [0, 0.1) is 12.8 Å². The number of hydrogen-bond donors (Lipinski definition) is 1. The van der Waals surface area contributed by atoms with Crippen molar-refractivity contribution in [3.05, 3.63) is 22.7 Å². The van der Waals surface area contributed by atoms with Crippen LogP contribution in [-0.4, -0.2) is 22.1 Å². The lowest BCUT2D eigenvalue weighted by Gasteiger charge is -2.14. The van der Waals surface area contributed by atoms with Gasteiger partial charge in [0.1, 0.15) is 10.6 Å². The molecule has 0 radical (unpaired) electrons. The zero-order valence-corrected chi connectivity index (χ0v) is 13.2. The Morgan fingerprint density at radius 1 is 1.37 bits per heavy atom. The normalized spacial score (nSPS) is 11.9. The molecule has 0 aliphatic rings. The summed E-state index contributed by atoms with van der Waals surface area (Å²) in [6.45, 7) is 6.24. The Kier molecular flexibility index (Phi) is 5.64. The number of benzene rings is 1. The quantitative estimate of drug-likeness (QED) is 0.879. The van der Waals surface area contributed by atoms with Crippen LogP contribution in [0.25, 0.3) is 0 Å². The molecule has 6 heteroatoms. The zero-order chi connectivity index (χ0) is 14.6. The Morgan fingerprint density at radius 3 is 2.53 bits per heavy atom. The molecule has 1 aromatic carbocycles. The first-order chi connectivity index (χ1) is 8.77. The fraction of sp³-hybridized carbons (Fsp3) is 0.538. The minimum Gasteiger partial charge on any atom is -0.495 e. The number of nitrogens with one attached hydrogen (secondary N) is 1. The molecule has 0 fully saturated rings. The van der Waals surface area contributed by atoms with Crippen LogP contribution in [0.3, 0.4) is 0 Å². The lowest BCUT2D eigenvalue weighted by Crippen LogP contribution is -2.26. The van der Waals surface area contributed by atoms with E-state index in [1.807, 2.05) is 13.8 Å². The second-order valence-electron chi connectivity index (χ2n) is 4.83. The molecule has 1 N–H and O–H groups in total. The third-order valence-corrected chi connectivity index (χ3v) is 4.40. The van der Waals surface area contributed by atoms with Crippen molar-refractivity contribution in [3.63, 3.8) is 0 Å². The summed E-state index contributed by atoms with van der Waals surface area (Å²) in [6.07, 6.45) is 0.779. The monoisotopic (exact) mass is 305 g/mol. The van der Waals surface area contributed by atoms with Crippen molar-refractivity contribution in [2.24, 2.45) is 5.92 Å². The summed E-state index contributed by atoms with van der Waals surface area (Å²) in [6, 6.07) is 3.08. The molecular formula is C13H20ClNO3S. The standard InChI is InChI=1S/C13H20ClNO3S/c1-9(2)5-6-15-19(16,17)12-8-11(14)7-10(3)13(12)18-4/h7-9,15H,5-6H2,1-4H3. The summed E-state index contributed by atoms with van der Waals surface area (Å²) in [5.41, 5.74) is 0.694. The SMILES string of the molecule is COc1c(C)cc(Cl)cc1S(=O)(=O)NCCC(C)C. The molecule has 0 atom stereocenters. The van der Waals surface area contributed by atoms with Gasteiger partial charge < -0.3 is 4.74 Å². The highest BCUT2D eigenvalue weighted by atomic mass is 35.5. The Labute approximate surface area is 120 Å². The highest BCUT2D eigenvalue weighted by Gasteiger charge is 2.21. The van der Waals surface area contributed by atoms with E-state index in [-0.39, 0.29) is 4.90 Å². The number of ether oxygens (including phenoxy) is 1. The third kappa shape index (κ3) is 4.37. The molecule has 0 bridgehead atoms. The van der Waals surface area contributed by atoms with Crippen LogP contribution in [-0.2, 0) is 10.0 Å². The highest BCUT2D eigenvalue weighted by Crippen LogP contribution is 2.31. The average molecular weight is 306 g/mol. The topological polar surface area (TPSA) is 55.4 Å². The molecule has 0 amide bonds. The van der Waals surface area contributed by atoms with Crippen LogP contribution in [0.15, 0.2) is 17.0 Å². The van der Waals surface area contributed by atoms with E-state index < -0.39 is 10.0 Å². The van der Waals surface area contributed by atoms with Crippen molar-refractivity contribution in [2.45, 2.75) is 32.1 Å². The zero-order valence-electron chi connectivity index (χ0n) is 11.7. The Hall–Kier alpha value is -0.780. The van der Waals surface area contributed by atoms with Crippen molar-refractivity contribution in [1.82, 2.24) is 4.72 Å². The maximum absolute atomic E-state index is 12.2. The molecule has 1 aromatic rings. The van der Waals surface area contributed by atoms with Crippen molar-refractivity contribution in [2.75, 3.05) is 13.7 Å². The van der Waals surface area contributed by atoms with Crippen molar-refractivity contribution >= 4 is 21.6 Å². The Balaban J connectivity index is 3.07. The Morgan fingerprint density at radius 2 is 2.00 bits per heavy atom. The number of rotatable bonds is 6. The van der Waals surface area contributed by atoms with E-state index in [0.29, 0.717) is 28.8 Å². The molecule has 19 heavy (non-hydrogen) atoms. The summed E-state index contributed by atoms with van der Waals surface area (Å²) in [5, 5.41) is 0.377. The molecule has 0 saturated heterocycles. The van der Waals surface area contributed by atoms with Crippen LogP contribution in [0.4, 0.5) is 0 Å². The second kappa shape index (κ2) is 6.59. The van der Waals surface area contributed by atoms with Crippen LogP contribution >= 0.6 is 11.6 Å². The van der Waals surface area contributed by atoms with Gasteiger partial charge in [0, 0.05) is 11.6 Å². The molecule has 108 valence electrons. The number of hydrogen-bond acceptors (Lipinski definition) is 3. The van der Waals surface area contributed by atoms with Gasteiger partial charge in [-0.05, 0) is 37.0 Å². The molecule has 0 heterocycles. The van der Waals surface area contributed by atoms with Crippen molar-refractivity contribution < 1.29 is 13.2 Å². The van der Waals surface area contributed by atoms with E-state index in [2.05, 4.69) is 4.72 Å². The molecule has 0 saturated carbocycles. The van der Waals surface area contributed by atoms with Gasteiger partial charge >= 0.3 is 0 Å². The minimum absolute atomic E-state index is 0.0868. The van der Waals surface area contributed by atoms with E-state index in [1.165, 1.54) is 13.2 Å². The van der Waals surface area contributed by atoms with Gasteiger partial charge in [0.15, 0.2) is 0 Å². The maximum Gasteiger partial charge on any atom is 0.244 e. The van der Waals surface area contributed by atoms with Crippen LogP contribution in [0.1, 0.15) is 25.8 Å². The summed E-state index contributed by atoms with van der Waals surface area (Å²) >= 11 is 5.92. The third-order valence-electron chi connectivity index (χ3n) is 2.71. The molecule has 0 aliphatic heterocycles. The van der Waals surface area contributed by atoms with E-state index in [1.54, 1.807) is 13.0 Å². The van der Waals surface area contributed by atoms with Gasteiger partial charge in [-0.2, -0.15) is 0 Å². The first kappa shape index (κ1) is 16.3. The lowest BCUT2D eigenvalue weighted by atomic mass is 10.1. The number of aryl methyl sites for hydroxylation is 1. The van der Waals surface area contributed by atoms with Crippen LogP contribution < -0.4 is 9.46 Å².